The number of hydrogen-bond acceptors (Lipinski definition) is 5. The van der Waals surface area contributed by atoms with Crippen molar-refractivity contribution >= 4 is 29.4 Å². The van der Waals surface area contributed by atoms with Crippen molar-refractivity contribution in [2.45, 2.75) is 19.4 Å². The van der Waals surface area contributed by atoms with Gasteiger partial charge in [-0.2, -0.15) is 0 Å². The van der Waals surface area contributed by atoms with E-state index in [1.165, 1.54) is 6.92 Å². The van der Waals surface area contributed by atoms with Gasteiger partial charge in [0.15, 0.2) is 0 Å². The molecule has 0 aliphatic carbocycles. The largest absolute Gasteiger partial charge is 0.403 e. The van der Waals surface area contributed by atoms with Crippen LogP contribution in [-0.2, 0) is 9.59 Å². The summed E-state index contributed by atoms with van der Waals surface area (Å²) < 4.78 is 5.46. The molecule has 8 heteroatoms. The van der Waals surface area contributed by atoms with Crippen LogP contribution in [0.2, 0.25) is 5.02 Å². The zero-order chi connectivity index (χ0) is 19.2. The van der Waals surface area contributed by atoms with Crippen LogP contribution in [0.4, 0.5) is 6.01 Å². The summed E-state index contributed by atoms with van der Waals surface area (Å²) in [6.45, 7) is 1.41. The molecule has 2 N–H and O–H groups in total. The molecule has 7 nitrogen and oxygen atoms in total. The summed E-state index contributed by atoms with van der Waals surface area (Å²) in [5.41, 5.74) is 1.52. The van der Waals surface area contributed by atoms with Gasteiger partial charge in [-0.1, -0.05) is 47.0 Å². The standard InChI is InChI=1S/C19H17ClN4O3/c1-12(25)21-16(13-5-3-2-4-6-13)11-17(26)22-19-24-23-18(27-19)14-7-9-15(20)10-8-14/h2-10,16H,11H2,1H3,(H,21,25)(H,22,24,26). The highest BCUT2D eigenvalue weighted by Crippen LogP contribution is 2.22. The van der Waals surface area contributed by atoms with Crippen LogP contribution in [0.3, 0.4) is 0 Å². The van der Waals surface area contributed by atoms with Crippen molar-refractivity contribution in [2.24, 2.45) is 0 Å². The third-order valence-electron chi connectivity index (χ3n) is 3.73. The average molecular weight is 385 g/mol. The van der Waals surface area contributed by atoms with E-state index in [9.17, 15) is 9.59 Å². The predicted molar refractivity (Wildman–Crippen MR) is 101 cm³/mol. The zero-order valence-electron chi connectivity index (χ0n) is 14.5. The fourth-order valence-electron chi connectivity index (χ4n) is 2.52. The molecule has 3 rings (SSSR count). The molecule has 1 aromatic heterocycles. The Bertz CT molecular complexity index is 926. The molecule has 1 unspecified atom stereocenters. The molecule has 27 heavy (non-hydrogen) atoms. The van der Waals surface area contributed by atoms with E-state index in [4.69, 9.17) is 16.0 Å². The minimum atomic E-state index is -0.456. The van der Waals surface area contributed by atoms with Crippen molar-refractivity contribution in [3.05, 3.63) is 65.2 Å². The number of nitrogens with zero attached hydrogens (tertiary/aromatic N) is 2. The van der Waals surface area contributed by atoms with Gasteiger partial charge in [0, 0.05) is 17.5 Å². The van der Waals surface area contributed by atoms with Crippen LogP contribution >= 0.6 is 11.6 Å². The maximum absolute atomic E-state index is 12.4. The maximum atomic E-state index is 12.4. The van der Waals surface area contributed by atoms with Crippen molar-refractivity contribution in [1.29, 1.82) is 0 Å². The number of aromatic nitrogens is 2. The van der Waals surface area contributed by atoms with E-state index in [1.54, 1.807) is 24.3 Å². The fraction of sp³-hybridized carbons (Fsp3) is 0.158. The third kappa shape index (κ3) is 5.15. The second-order valence-electron chi connectivity index (χ2n) is 5.84. The molecule has 0 radical (unpaired) electrons. The first kappa shape index (κ1) is 18.6. The Hall–Kier alpha value is -3.19. The highest BCUT2D eigenvalue weighted by Gasteiger charge is 2.19. The summed E-state index contributed by atoms with van der Waals surface area (Å²) in [6, 6.07) is 15.7. The van der Waals surface area contributed by atoms with Crippen molar-refractivity contribution in [3.8, 4) is 11.5 Å². The SMILES string of the molecule is CC(=O)NC(CC(=O)Nc1nnc(-c2ccc(Cl)cc2)o1)c1ccccc1. The van der Waals surface area contributed by atoms with Gasteiger partial charge in [-0.3, -0.25) is 14.9 Å². The molecule has 0 saturated heterocycles. The van der Waals surface area contributed by atoms with Crippen molar-refractivity contribution < 1.29 is 14.0 Å². The lowest BCUT2D eigenvalue weighted by Crippen LogP contribution is -2.29. The monoisotopic (exact) mass is 384 g/mol. The number of rotatable bonds is 6. The average Bonchev–Trinajstić information content (AvgIpc) is 3.10. The normalized spacial score (nSPS) is 11.6. The molecule has 0 fully saturated rings. The number of anilines is 1. The molecule has 0 spiro atoms. The first-order valence-corrected chi connectivity index (χ1v) is 8.60. The Morgan fingerprint density at radius 2 is 1.78 bits per heavy atom. The van der Waals surface area contributed by atoms with Crippen LogP contribution in [0, 0.1) is 0 Å². The summed E-state index contributed by atoms with van der Waals surface area (Å²) in [5, 5.41) is 13.7. The smallest absolute Gasteiger partial charge is 0.322 e. The molecule has 138 valence electrons. The van der Waals surface area contributed by atoms with Gasteiger partial charge in [0.1, 0.15) is 0 Å². The summed E-state index contributed by atoms with van der Waals surface area (Å²) >= 11 is 5.85. The maximum Gasteiger partial charge on any atom is 0.322 e. The van der Waals surface area contributed by atoms with Crippen LogP contribution in [0.5, 0.6) is 0 Å². The quantitative estimate of drug-likeness (QED) is 0.676. The van der Waals surface area contributed by atoms with E-state index >= 15 is 0 Å². The van der Waals surface area contributed by atoms with Crippen molar-refractivity contribution in [1.82, 2.24) is 15.5 Å². The number of benzene rings is 2. The Morgan fingerprint density at radius 1 is 1.07 bits per heavy atom. The molecule has 0 aliphatic heterocycles. The second kappa shape index (κ2) is 8.46. The molecule has 1 atom stereocenters. The topological polar surface area (TPSA) is 97.1 Å². The minimum absolute atomic E-state index is 0.0143. The highest BCUT2D eigenvalue weighted by molar-refractivity contribution is 6.30. The summed E-state index contributed by atoms with van der Waals surface area (Å²) in [6.07, 6.45) is 0.0300. The Balaban J connectivity index is 1.67. The van der Waals surface area contributed by atoms with Gasteiger partial charge in [-0.05, 0) is 29.8 Å². The number of amides is 2. The van der Waals surface area contributed by atoms with Gasteiger partial charge in [0.2, 0.25) is 17.7 Å². The Labute approximate surface area is 160 Å². The molecule has 1 heterocycles. The highest BCUT2D eigenvalue weighted by atomic mass is 35.5. The predicted octanol–water partition coefficient (Wildman–Crippen LogP) is 3.60. The van der Waals surface area contributed by atoms with Gasteiger partial charge in [-0.25, -0.2) is 0 Å². The first-order chi connectivity index (χ1) is 13.0. The van der Waals surface area contributed by atoms with Crippen molar-refractivity contribution in [3.63, 3.8) is 0 Å². The number of halogens is 1. The molecule has 0 saturated carbocycles. The lowest BCUT2D eigenvalue weighted by atomic mass is 10.0. The number of hydrogen-bond donors (Lipinski definition) is 2. The summed E-state index contributed by atoms with van der Waals surface area (Å²) in [4.78, 5) is 23.8. The van der Waals surface area contributed by atoms with E-state index in [1.807, 2.05) is 30.3 Å². The lowest BCUT2D eigenvalue weighted by Gasteiger charge is -2.17. The fourth-order valence-corrected chi connectivity index (χ4v) is 2.65. The van der Waals surface area contributed by atoms with E-state index in [0.29, 0.717) is 10.6 Å². The van der Waals surface area contributed by atoms with E-state index in [0.717, 1.165) is 5.56 Å². The van der Waals surface area contributed by atoms with Gasteiger partial charge < -0.3 is 9.73 Å². The molecule has 2 aromatic carbocycles. The molecule has 2 amide bonds. The first-order valence-electron chi connectivity index (χ1n) is 8.22. The molecule has 0 bridgehead atoms. The molecular weight excluding hydrogens is 368 g/mol. The van der Waals surface area contributed by atoms with Crippen LogP contribution in [-0.4, -0.2) is 22.0 Å². The van der Waals surface area contributed by atoms with Gasteiger partial charge >= 0.3 is 6.01 Å². The molecular formula is C19H17ClN4O3. The molecule has 0 aliphatic rings. The van der Waals surface area contributed by atoms with E-state index in [2.05, 4.69) is 20.8 Å². The van der Waals surface area contributed by atoms with Crippen LogP contribution in [0.25, 0.3) is 11.5 Å². The Kier molecular flexibility index (Phi) is 5.83. The lowest BCUT2D eigenvalue weighted by molar-refractivity contribution is -0.120. The van der Waals surface area contributed by atoms with Gasteiger partial charge in [0.25, 0.3) is 0 Å². The number of nitrogens with one attached hydrogen (secondary N) is 2. The summed E-state index contributed by atoms with van der Waals surface area (Å²) in [7, 11) is 0. The second-order valence-corrected chi connectivity index (χ2v) is 6.27. The van der Waals surface area contributed by atoms with Crippen molar-refractivity contribution in [2.75, 3.05) is 5.32 Å². The van der Waals surface area contributed by atoms with Crippen LogP contribution in [0.1, 0.15) is 24.9 Å². The number of carbonyl (C=O) groups is 2. The van der Waals surface area contributed by atoms with Crippen LogP contribution < -0.4 is 10.6 Å². The molecule has 3 aromatic rings. The Morgan fingerprint density at radius 3 is 2.44 bits per heavy atom. The van der Waals surface area contributed by atoms with E-state index < -0.39 is 6.04 Å². The van der Waals surface area contributed by atoms with Gasteiger partial charge in [-0.15, -0.1) is 5.10 Å². The number of carbonyl (C=O) groups excluding carboxylic acids is 2. The van der Waals surface area contributed by atoms with Gasteiger partial charge in [0.05, 0.1) is 12.5 Å². The zero-order valence-corrected chi connectivity index (χ0v) is 15.2. The minimum Gasteiger partial charge on any atom is -0.403 e. The third-order valence-corrected chi connectivity index (χ3v) is 3.98. The summed E-state index contributed by atoms with van der Waals surface area (Å²) in [5.74, 6) is -0.313. The van der Waals surface area contributed by atoms with E-state index in [-0.39, 0.29) is 30.1 Å². The van der Waals surface area contributed by atoms with Crippen LogP contribution in [0.15, 0.2) is 59.0 Å².